The van der Waals surface area contributed by atoms with Gasteiger partial charge in [-0.1, -0.05) is 6.92 Å². The lowest BCUT2D eigenvalue weighted by atomic mass is 10.3. The summed E-state index contributed by atoms with van der Waals surface area (Å²) in [6.45, 7) is 4.75. The molecule has 0 radical (unpaired) electrons. The first-order chi connectivity index (χ1) is 6.69. The summed E-state index contributed by atoms with van der Waals surface area (Å²) >= 11 is 0. The van der Waals surface area contributed by atoms with E-state index in [1.165, 1.54) is 0 Å². The number of aromatic nitrogens is 2. The second kappa shape index (κ2) is 4.91. The Balaban J connectivity index is 2.75. The van der Waals surface area contributed by atoms with E-state index in [1.54, 1.807) is 0 Å². The lowest BCUT2D eigenvalue weighted by Crippen LogP contribution is -2.35. The predicted molar refractivity (Wildman–Crippen MR) is 58.3 cm³/mol. The molecule has 0 bridgehead atoms. The van der Waals surface area contributed by atoms with Gasteiger partial charge >= 0.3 is 0 Å². The maximum Gasteiger partial charge on any atom is 0.151 e. The molecule has 0 saturated carbocycles. The number of rotatable bonds is 4. The SMILES string of the molecule is CCc1ccc(N(C)C(C)CN)nn1. The molecule has 4 heteroatoms. The Bertz CT molecular complexity index is 270. The first-order valence-corrected chi connectivity index (χ1v) is 4.94. The fourth-order valence-electron chi connectivity index (χ4n) is 1.11. The molecule has 1 aromatic heterocycles. The van der Waals surface area contributed by atoms with Gasteiger partial charge in [0, 0.05) is 19.6 Å². The van der Waals surface area contributed by atoms with Crippen molar-refractivity contribution in [3.63, 3.8) is 0 Å². The quantitative estimate of drug-likeness (QED) is 0.771. The number of hydrogen-bond acceptors (Lipinski definition) is 4. The second-order valence-corrected chi connectivity index (χ2v) is 3.43. The monoisotopic (exact) mass is 194 g/mol. The van der Waals surface area contributed by atoms with Crippen molar-refractivity contribution in [3.8, 4) is 0 Å². The zero-order valence-corrected chi connectivity index (χ0v) is 9.07. The molecule has 1 heterocycles. The molecule has 0 aromatic carbocycles. The lowest BCUT2D eigenvalue weighted by molar-refractivity contribution is 0.680. The third-order valence-corrected chi connectivity index (χ3v) is 2.43. The van der Waals surface area contributed by atoms with Crippen LogP contribution in [0.5, 0.6) is 0 Å². The smallest absolute Gasteiger partial charge is 0.151 e. The highest BCUT2D eigenvalue weighted by Crippen LogP contribution is 2.10. The summed E-state index contributed by atoms with van der Waals surface area (Å²) in [4.78, 5) is 2.03. The summed E-state index contributed by atoms with van der Waals surface area (Å²) in [7, 11) is 1.98. The van der Waals surface area contributed by atoms with Gasteiger partial charge < -0.3 is 10.6 Å². The highest BCUT2D eigenvalue weighted by Gasteiger charge is 2.09. The number of anilines is 1. The third-order valence-electron chi connectivity index (χ3n) is 2.43. The van der Waals surface area contributed by atoms with Gasteiger partial charge in [-0.3, -0.25) is 0 Å². The van der Waals surface area contributed by atoms with E-state index < -0.39 is 0 Å². The van der Waals surface area contributed by atoms with E-state index in [2.05, 4.69) is 24.0 Å². The van der Waals surface area contributed by atoms with Crippen molar-refractivity contribution in [2.45, 2.75) is 26.3 Å². The summed E-state index contributed by atoms with van der Waals surface area (Å²) in [5, 5.41) is 8.24. The van der Waals surface area contributed by atoms with Gasteiger partial charge in [0.1, 0.15) is 0 Å². The van der Waals surface area contributed by atoms with Crippen molar-refractivity contribution >= 4 is 5.82 Å². The van der Waals surface area contributed by atoms with Gasteiger partial charge in [0.15, 0.2) is 5.82 Å². The van der Waals surface area contributed by atoms with Crippen molar-refractivity contribution in [2.75, 3.05) is 18.5 Å². The van der Waals surface area contributed by atoms with Crippen LogP contribution in [0.15, 0.2) is 12.1 Å². The Labute approximate surface area is 85.1 Å². The van der Waals surface area contributed by atoms with Gasteiger partial charge in [0.2, 0.25) is 0 Å². The summed E-state index contributed by atoms with van der Waals surface area (Å²) in [6, 6.07) is 4.27. The molecular formula is C10H18N4. The van der Waals surface area contributed by atoms with Crippen LogP contribution in [0.2, 0.25) is 0 Å². The van der Waals surface area contributed by atoms with Crippen LogP contribution in [-0.2, 0) is 6.42 Å². The Morgan fingerprint density at radius 2 is 2.14 bits per heavy atom. The van der Waals surface area contributed by atoms with Gasteiger partial charge in [-0.15, -0.1) is 5.10 Å². The fraction of sp³-hybridized carbons (Fsp3) is 0.600. The molecule has 78 valence electrons. The normalized spacial score (nSPS) is 12.6. The zero-order chi connectivity index (χ0) is 10.6. The second-order valence-electron chi connectivity index (χ2n) is 3.43. The van der Waals surface area contributed by atoms with Gasteiger partial charge in [-0.05, 0) is 25.5 Å². The molecule has 2 N–H and O–H groups in total. The van der Waals surface area contributed by atoms with E-state index in [0.717, 1.165) is 17.9 Å². The van der Waals surface area contributed by atoms with E-state index >= 15 is 0 Å². The van der Waals surface area contributed by atoms with Crippen LogP contribution in [0.1, 0.15) is 19.5 Å². The minimum atomic E-state index is 0.289. The number of likely N-dealkylation sites (N-methyl/N-ethyl adjacent to an activating group) is 1. The topological polar surface area (TPSA) is 55.0 Å². The van der Waals surface area contributed by atoms with E-state index in [-0.39, 0.29) is 6.04 Å². The minimum Gasteiger partial charge on any atom is -0.354 e. The van der Waals surface area contributed by atoms with E-state index in [1.807, 2.05) is 24.1 Å². The van der Waals surface area contributed by atoms with Gasteiger partial charge in [-0.2, -0.15) is 5.10 Å². The molecule has 0 saturated heterocycles. The number of aryl methyl sites for hydroxylation is 1. The maximum atomic E-state index is 5.58. The molecule has 0 amide bonds. The Morgan fingerprint density at radius 3 is 2.57 bits per heavy atom. The van der Waals surface area contributed by atoms with Crippen LogP contribution in [0.25, 0.3) is 0 Å². The summed E-state index contributed by atoms with van der Waals surface area (Å²) < 4.78 is 0. The molecule has 1 unspecified atom stereocenters. The van der Waals surface area contributed by atoms with Gasteiger partial charge in [0.05, 0.1) is 5.69 Å². The van der Waals surface area contributed by atoms with Crippen LogP contribution >= 0.6 is 0 Å². The van der Waals surface area contributed by atoms with Crippen molar-refractivity contribution in [1.29, 1.82) is 0 Å². The molecule has 0 aliphatic heterocycles. The Kier molecular flexibility index (Phi) is 3.83. The number of hydrogen-bond donors (Lipinski definition) is 1. The predicted octanol–water partition coefficient (Wildman–Crippen LogP) is 0.822. The van der Waals surface area contributed by atoms with Crippen molar-refractivity contribution in [2.24, 2.45) is 5.73 Å². The molecular weight excluding hydrogens is 176 g/mol. The Hall–Kier alpha value is -1.16. The fourth-order valence-corrected chi connectivity index (χ4v) is 1.11. The van der Waals surface area contributed by atoms with Crippen LogP contribution in [0, 0.1) is 0 Å². The highest BCUT2D eigenvalue weighted by molar-refractivity contribution is 5.37. The number of nitrogens with zero attached hydrogens (tertiary/aromatic N) is 3. The minimum absolute atomic E-state index is 0.289. The average molecular weight is 194 g/mol. The lowest BCUT2D eigenvalue weighted by Gasteiger charge is -2.23. The molecule has 0 aliphatic carbocycles. The van der Waals surface area contributed by atoms with Gasteiger partial charge in [-0.25, -0.2) is 0 Å². The zero-order valence-electron chi connectivity index (χ0n) is 9.07. The van der Waals surface area contributed by atoms with Crippen LogP contribution in [0.3, 0.4) is 0 Å². The van der Waals surface area contributed by atoms with Gasteiger partial charge in [0.25, 0.3) is 0 Å². The van der Waals surface area contributed by atoms with E-state index in [4.69, 9.17) is 5.73 Å². The molecule has 1 atom stereocenters. The Morgan fingerprint density at radius 1 is 1.43 bits per heavy atom. The maximum absolute atomic E-state index is 5.58. The van der Waals surface area contributed by atoms with Crippen molar-refractivity contribution in [1.82, 2.24) is 10.2 Å². The van der Waals surface area contributed by atoms with E-state index in [9.17, 15) is 0 Å². The third kappa shape index (κ3) is 2.42. The first kappa shape index (κ1) is 10.9. The summed E-state index contributed by atoms with van der Waals surface area (Å²) in [5.74, 6) is 0.875. The van der Waals surface area contributed by atoms with Crippen LogP contribution in [0.4, 0.5) is 5.82 Å². The van der Waals surface area contributed by atoms with Crippen LogP contribution < -0.4 is 10.6 Å². The molecule has 1 aromatic rings. The first-order valence-electron chi connectivity index (χ1n) is 4.94. The molecule has 1 rings (SSSR count). The van der Waals surface area contributed by atoms with Crippen molar-refractivity contribution < 1.29 is 0 Å². The molecule has 0 fully saturated rings. The van der Waals surface area contributed by atoms with Crippen LogP contribution in [-0.4, -0.2) is 29.8 Å². The summed E-state index contributed by atoms with van der Waals surface area (Å²) in [5.41, 5.74) is 6.59. The van der Waals surface area contributed by atoms with Crippen molar-refractivity contribution in [3.05, 3.63) is 17.8 Å². The number of nitrogens with two attached hydrogens (primary N) is 1. The molecule has 14 heavy (non-hydrogen) atoms. The molecule has 0 aliphatic rings. The highest BCUT2D eigenvalue weighted by atomic mass is 15.3. The molecule has 4 nitrogen and oxygen atoms in total. The summed E-state index contributed by atoms with van der Waals surface area (Å²) in [6.07, 6.45) is 0.920. The largest absolute Gasteiger partial charge is 0.354 e. The standard InChI is InChI=1S/C10H18N4/c1-4-9-5-6-10(13-12-9)14(3)8(2)7-11/h5-6,8H,4,7,11H2,1-3H3. The average Bonchev–Trinajstić information content (AvgIpc) is 2.27. The molecule has 0 spiro atoms. The van der Waals surface area contributed by atoms with E-state index in [0.29, 0.717) is 6.54 Å².